The standard InChI is InChI=1S/C22H26N6O3S2/c1-4-27-19-10-9-17(33(29,30)26(2)3)12-18(19)23-20(27)14-32-22-25-24-21(15-7-8-15)28(22)13-16-6-5-11-31-16/h5-6,9-12,15H,4,7-8,13-14H2,1-3H3. The summed E-state index contributed by atoms with van der Waals surface area (Å²) < 4.78 is 36.1. The number of aromatic nitrogens is 5. The maximum atomic E-state index is 12.5. The third kappa shape index (κ3) is 4.20. The van der Waals surface area contributed by atoms with Gasteiger partial charge in [0.05, 0.1) is 34.5 Å². The van der Waals surface area contributed by atoms with Crippen molar-refractivity contribution in [3.05, 3.63) is 54.0 Å². The SMILES string of the molecule is CCn1c(CSc2nnc(C3CC3)n2Cc2ccco2)nc2cc(S(=O)(=O)N(C)C)ccc21. The smallest absolute Gasteiger partial charge is 0.242 e. The lowest BCUT2D eigenvalue weighted by molar-refractivity contribution is 0.478. The van der Waals surface area contributed by atoms with Crippen LogP contribution in [0.4, 0.5) is 0 Å². The Kier molecular flexibility index (Phi) is 5.79. The molecule has 0 spiro atoms. The van der Waals surface area contributed by atoms with Crippen LogP contribution < -0.4 is 0 Å². The van der Waals surface area contributed by atoms with Crippen molar-refractivity contribution < 1.29 is 12.8 Å². The highest BCUT2D eigenvalue weighted by atomic mass is 32.2. The third-order valence-corrected chi connectivity index (χ3v) is 8.58. The van der Waals surface area contributed by atoms with Crippen molar-refractivity contribution in [1.29, 1.82) is 0 Å². The molecule has 9 nitrogen and oxygen atoms in total. The van der Waals surface area contributed by atoms with Gasteiger partial charge in [0.25, 0.3) is 0 Å². The van der Waals surface area contributed by atoms with Gasteiger partial charge in [-0.3, -0.25) is 4.57 Å². The predicted octanol–water partition coefficient (Wildman–Crippen LogP) is 3.71. The molecule has 1 aliphatic carbocycles. The number of fused-ring (bicyclic) bond motifs is 1. The fourth-order valence-electron chi connectivity index (χ4n) is 3.88. The Morgan fingerprint density at radius 1 is 1.18 bits per heavy atom. The first kappa shape index (κ1) is 22.2. The summed E-state index contributed by atoms with van der Waals surface area (Å²) in [6.07, 6.45) is 3.97. The average molecular weight is 487 g/mol. The van der Waals surface area contributed by atoms with E-state index in [1.165, 1.54) is 18.4 Å². The molecule has 1 aromatic carbocycles. The Balaban J connectivity index is 1.44. The van der Waals surface area contributed by atoms with Crippen LogP contribution >= 0.6 is 11.8 Å². The summed E-state index contributed by atoms with van der Waals surface area (Å²) in [7, 11) is -0.458. The molecule has 11 heteroatoms. The first-order valence-electron chi connectivity index (χ1n) is 10.9. The van der Waals surface area contributed by atoms with Gasteiger partial charge in [0.2, 0.25) is 10.0 Å². The minimum atomic E-state index is -3.52. The van der Waals surface area contributed by atoms with Crippen molar-refractivity contribution in [1.82, 2.24) is 28.6 Å². The molecule has 0 radical (unpaired) electrons. The monoisotopic (exact) mass is 486 g/mol. The fraction of sp³-hybridized carbons (Fsp3) is 0.409. The number of hydrogen-bond acceptors (Lipinski definition) is 7. The van der Waals surface area contributed by atoms with Gasteiger partial charge >= 0.3 is 0 Å². The zero-order valence-electron chi connectivity index (χ0n) is 18.8. The van der Waals surface area contributed by atoms with Gasteiger partial charge < -0.3 is 8.98 Å². The molecule has 0 aliphatic heterocycles. The van der Waals surface area contributed by atoms with E-state index in [0.29, 0.717) is 23.7 Å². The molecule has 0 atom stereocenters. The Morgan fingerprint density at radius 3 is 2.67 bits per heavy atom. The summed E-state index contributed by atoms with van der Waals surface area (Å²) in [6, 6.07) is 8.97. The van der Waals surface area contributed by atoms with Crippen molar-refractivity contribution in [2.75, 3.05) is 14.1 Å². The van der Waals surface area contributed by atoms with Gasteiger partial charge in [0, 0.05) is 26.6 Å². The van der Waals surface area contributed by atoms with E-state index in [9.17, 15) is 8.42 Å². The van der Waals surface area contributed by atoms with E-state index in [1.807, 2.05) is 18.2 Å². The van der Waals surface area contributed by atoms with Crippen molar-refractivity contribution in [3.63, 3.8) is 0 Å². The van der Waals surface area contributed by atoms with Crippen molar-refractivity contribution in [2.45, 2.75) is 54.6 Å². The highest BCUT2D eigenvalue weighted by Crippen LogP contribution is 2.40. The Morgan fingerprint density at radius 2 is 2.00 bits per heavy atom. The van der Waals surface area contributed by atoms with Gasteiger partial charge in [-0.1, -0.05) is 11.8 Å². The molecule has 5 rings (SSSR count). The average Bonchev–Trinajstić information content (AvgIpc) is 3.20. The van der Waals surface area contributed by atoms with E-state index < -0.39 is 10.0 Å². The van der Waals surface area contributed by atoms with Gasteiger partial charge in [-0.15, -0.1) is 10.2 Å². The summed E-state index contributed by atoms with van der Waals surface area (Å²) in [4.78, 5) is 5.02. The molecule has 3 aromatic heterocycles. The van der Waals surface area contributed by atoms with Crippen LogP contribution in [0.3, 0.4) is 0 Å². The van der Waals surface area contributed by atoms with Gasteiger partial charge in [-0.05, 0) is 50.1 Å². The van der Waals surface area contributed by atoms with Crippen LogP contribution in [0.2, 0.25) is 0 Å². The Hall–Kier alpha value is -2.63. The molecule has 4 aromatic rings. The number of imidazole rings is 1. The summed E-state index contributed by atoms with van der Waals surface area (Å²) >= 11 is 1.59. The van der Waals surface area contributed by atoms with E-state index in [0.717, 1.165) is 47.5 Å². The maximum absolute atomic E-state index is 12.5. The molecular weight excluding hydrogens is 460 g/mol. The summed E-state index contributed by atoms with van der Waals surface area (Å²) in [5.41, 5.74) is 1.59. The molecule has 1 fully saturated rings. The molecule has 0 N–H and O–H groups in total. The second-order valence-electron chi connectivity index (χ2n) is 8.28. The second-order valence-corrected chi connectivity index (χ2v) is 11.4. The lowest BCUT2D eigenvalue weighted by Gasteiger charge is -2.11. The van der Waals surface area contributed by atoms with E-state index in [4.69, 9.17) is 9.40 Å². The molecule has 0 unspecified atom stereocenters. The molecule has 174 valence electrons. The number of hydrogen-bond donors (Lipinski definition) is 0. The minimum Gasteiger partial charge on any atom is -0.467 e. The van der Waals surface area contributed by atoms with Gasteiger partial charge in [0.15, 0.2) is 5.16 Å². The molecule has 3 heterocycles. The lowest BCUT2D eigenvalue weighted by atomic mass is 10.3. The molecule has 0 saturated heterocycles. The summed E-state index contributed by atoms with van der Waals surface area (Å²) in [5, 5.41) is 9.76. The first-order chi connectivity index (χ1) is 15.9. The number of nitrogens with zero attached hydrogens (tertiary/aromatic N) is 6. The molecule has 1 aliphatic rings. The molecular formula is C22H26N6O3S2. The highest BCUT2D eigenvalue weighted by molar-refractivity contribution is 7.98. The zero-order chi connectivity index (χ0) is 23.2. The normalized spacial score (nSPS) is 14.5. The Labute approximate surface area is 196 Å². The fourth-order valence-corrected chi connectivity index (χ4v) is 5.69. The van der Waals surface area contributed by atoms with E-state index in [1.54, 1.807) is 30.2 Å². The van der Waals surface area contributed by atoms with Crippen LogP contribution in [-0.2, 0) is 28.9 Å². The minimum absolute atomic E-state index is 0.243. The number of sulfonamides is 1. The van der Waals surface area contributed by atoms with Crippen LogP contribution in [0.5, 0.6) is 0 Å². The van der Waals surface area contributed by atoms with Crippen LogP contribution in [0, 0.1) is 0 Å². The first-order valence-corrected chi connectivity index (χ1v) is 13.3. The largest absolute Gasteiger partial charge is 0.467 e. The van der Waals surface area contributed by atoms with Crippen LogP contribution in [-0.4, -0.2) is 51.1 Å². The number of rotatable bonds is 9. The van der Waals surface area contributed by atoms with E-state index >= 15 is 0 Å². The summed E-state index contributed by atoms with van der Waals surface area (Å²) in [6.45, 7) is 3.40. The van der Waals surface area contributed by atoms with Crippen molar-refractivity contribution >= 4 is 32.8 Å². The number of aryl methyl sites for hydroxylation is 1. The number of furan rings is 1. The molecule has 1 saturated carbocycles. The molecule has 0 amide bonds. The van der Waals surface area contributed by atoms with Crippen LogP contribution in [0.25, 0.3) is 11.0 Å². The third-order valence-electron chi connectivity index (χ3n) is 5.81. The van der Waals surface area contributed by atoms with Gasteiger partial charge in [0.1, 0.15) is 17.4 Å². The molecule has 33 heavy (non-hydrogen) atoms. The van der Waals surface area contributed by atoms with Crippen LogP contribution in [0.15, 0.2) is 51.1 Å². The lowest BCUT2D eigenvalue weighted by Crippen LogP contribution is -2.22. The number of thioether (sulfide) groups is 1. The van der Waals surface area contributed by atoms with Gasteiger partial charge in [-0.2, -0.15) is 0 Å². The molecule has 0 bridgehead atoms. The van der Waals surface area contributed by atoms with Crippen molar-refractivity contribution in [3.8, 4) is 0 Å². The van der Waals surface area contributed by atoms with E-state index in [-0.39, 0.29) is 4.90 Å². The van der Waals surface area contributed by atoms with E-state index in [2.05, 4.69) is 26.3 Å². The zero-order valence-corrected chi connectivity index (χ0v) is 20.4. The topological polar surface area (TPSA) is 99.0 Å². The predicted molar refractivity (Wildman–Crippen MR) is 126 cm³/mol. The van der Waals surface area contributed by atoms with Crippen LogP contribution in [0.1, 0.15) is 43.1 Å². The maximum Gasteiger partial charge on any atom is 0.242 e. The summed E-state index contributed by atoms with van der Waals surface area (Å²) in [5.74, 6) is 3.82. The second kappa shape index (κ2) is 8.62. The van der Waals surface area contributed by atoms with Crippen molar-refractivity contribution in [2.24, 2.45) is 0 Å². The quantitative estimate of drug-likeness (QED) is 0.333. The highest BCUT2D eigenvalue weighted by Gasteiger charge is 2.31. The Bertz CT molecular complexity index is 1390. The van der Waals surface area contributed by atoms with Gasteiger partial charge in [-0.25, -0.2) is 17.7 Å². The number of benzene rings is 1.